The van der Waals surface area contributed by atoms with E-state index in [1.807, 2.05) is 19.0 Å². The molecule has 0 aliphatic heterocycles. The van der Waals surface area contributed by atoms with Crippen molar-refractivity contribution in [2.75, 3.05) is 32.9 Å². The van der Waals surface area contributed by atoms with Crippen LogP contribution in [0.3, 0.4) is 0 Å². The van der Waals surface area contributed by atoms with E-state index in [2.05, 4.69) is 9.88 Å². The van der Waals surface area contributed by atoms with Crippen LogP contribution in [-0.2, 0) is 0 Å². The van der Waals surface area contributed by atoms with E-state index in [9.17, 15) is 4.79 Å². The average molecular weight is 313 g/mol. The van der Waals surface area contributed by atoms with E-state index in [-0.39, 0.29) is 18.3 Å². The minimum absolute atomic E-state index is 0. The van der Waals surface area contributed by atoms with E-state index in [4.69, 9.17) is 5.73 Å². The quantitative estimate of drug-likeness (QED) is 0.903. The second-order valence-electron chi connectivity index (χ2n) is 5.72. The van der Waals surface area contributed by atoms with Gasteiger partial charge in [0.25, 0.3) is 5.91 Å². The minimum Gasteiger partial charge on any atom is -0.397 e. The van der Waals surface area contributed by atoms with E-state index >= 15 is 0 Å². The van der Waals surface area contributed by atoms with Gasteiger partial charge < -0.3 is 15.5 Å². The lowest BCUT2D eigenvalue weighted by Gasteiger charge is -2.30. The highest BCUT2D eigenvalue weighted by atomic mass is 35.5. The summed E-state index contributed by atoms with van der Waals surface area (Å²) in [7, 11) is 4.05. The van der Waals surface area contributed by atoms with Gasteiger partial charge in [0.2, 0.25) is 0 Å². The van der Waals surface area contributed by atoms with E-state index in [0.29, 0.717) is 17.4 Å². The van der Waals surface area contributed by atoms with Crippen LogP contribution >= 0.6 is 12.4 Å². The topological polar surface area (TPSA) is 62.5 Å². The number of nitrogen functional groups attached to an aromatic ring is 1. The molecule has 0 atom stereocenters. The van der Waals surface area contributed by atoms with Crippen molar-refractivity contribution < 1.29 is 4.79 Å². The molecule has 1 fully saturated rings. The van der Waals surface area contributed by atoms with Crippen molar-refractivity contribution in [2.24, 2.45) is 0 Å². The fraction of sp³-hybridized carbons (Fsp3) is 0.600. The molecule has 2 rings (SSSR count). The third kappa shape index (κ3) is 4.86. The van der Waals surface area contributed by atoms with Gasteiger partial charge in [0.05, 0.1) is 11.9 Å². The number of hydrogen-bond donors (Lipinski definition) is 1. The number of hydrogen-bond acceptors (Lipinski definition) is 4. The maximum atomic E-state index is 12.7. The fourth-order valence-corrected chi connectivity index (χ4v) is 2.65. The summed E-state index contributed by atoms with van der Waals surface area (Å²) >= 11 is 0. The van der Waals surface area contributed by atoms with Gasteiger partial charge >= 0.3 is 0 Å². The van der Waals surface area contributed by atoms with Crippen molar-refractivity contribution >= 4 is 24.0 Å². The van der Waals surface area contributed by atoms with Crippen LogP contribution in [0, 0.1) is 0 Å². The molecule has 1 aliphatic rings. The van der Waals surface area contributed by atoms with Gasteiger partial charge in [-0.1, -0.05) is 12.8 Å². The summed E-state index contributed by atoms with van der Waals surface area (Å²) in [4.78, 5) is 20.9. The van der Waals surface area contributed by atoms with Crippen LogP contribution in [0.5, 0.6) is 0 Å². The number of halogens is 1. The van der Waals surface area contributed by atoms with E-state index < -0.39 is 0 Å². The molecule has 1 heterocycles. The molecule has 0 bridgehead atoms. The largest absolute Gasteiger partial charge is 0.397 e. The van der Waals surface area contributed by atoms with Crippen LogP contribution in [0.2, 0.25) is 0 Å². The SMILES string of the molecule is CN(C)CCN(C(=O)c1ccc(N)cn1)C1CCCC1.Cl. The Bertz CT molecular complexity index is 443. The Kier molecular flexibility index (Phi) is 6.92. The van der Waals surface area contributed by atoms with Crippen molar-refractivity contribution in [2.45, 2.75) is 31.7 Å². The molecule has 6 heteroatoms. The van der Waals surface area contributed by atoms with Crippen LogP contribution in [0.25, 0.3) is 0 Å². The smallest absolute Gasteiger partial charge is 0.272 e. The van der Waals surface area contributed by atoms with Crippen molar-refractivity contribution in [3.05, 3.63) is 24.0 Å². The van der Waals surface area contributed by atoms with Gasteiger partial charge in [-0.2, -0.15) is 0 Å². The number of nitrogens with zero attached hydrogens (tertiary/aromatic N) is 3. The van der Waals surface area contributed by atoms with Gasteiger partial charge in [-0.15, -0.1) is 12.4 Å². The Morgan fingerprint density at radius 2 is 1.95 bits per heavy atom. The maximum Gasteiger partial charge on any atom is 0.272 e. The first-order chi connectivity index (χ1) is 9.58. The van der Waals surface area contributed by atoms with Crippen LogP contribution in [0.1, 0.15) is 36.2 Å². The summed E-state index contributed by atoms with van der Waals surface area (Å²) in [5, 5.41) is 0. The van der Waals surface area contributed by atoms with Crippen molar-refractivity contribution in [3.8, 4) is 0 Å². The van der Waals surface area contributed by atoms with Crippen LogP contribution in [0.15, 0.2) is 18.3 Å². The first kappa shape index (κ1) is 17.7. The highest BCUT2D eigenvalue weighted by Crippen LogP contribution is 2.24. The third-order valence-corrected chi connectivity index (χ3v) is 3.82. The molecule has 1 amide bonds. The number of carbonyl (C=O) groups is 1. The van der Waals surface area contributed by atoms with Crippen LogP contribution < -0.4 is 5.73 Å². The first-order valence-corrected chi connectivity index (χ1v) is 7.25. The van der Waals surface area contributed by atoms with Crippen LogP contribution in [0.4, 0.5) is 5.69 Å². The fourth-order valence-electron chi connectivity index (χ4n) is 2.65. The highest BCUT2D eigenvalue weighted by molar-refractivity contribution is 5.92. The molecule has 21 heavy (non-hydrogen) atoms. The monoisotopic (exact) mass is 312 g/mol. The van der Waals surface area contributed by atoms with E-state index in [0.717, 1.165) is 25.9 Å². The van der Waals surface area contributed by atoms with Crippen molar-refractivity contribution in [1.29, 1.82) is 0 Å². The summed E-state index contributed by atoms with van der Waals surface area (Å²) in [6.07, 6.45) is 6.19. The zero-order chi connectivity index (χ0) is 14.5. The Morgan fingerprint density at radius 3 is 2.48 bits per heavy atom. The minimum atomic E-state index is 0. The molecule has 0 radical (unpaired) electrons. The molecule has 118 valence electrons. The van der Waals surface area contributed by atoms with Gasteiger partial charge in [0.15, 0.2) is 0 Å². The molecule has 1 aliphatic carbocycles. The Hall–Kier alpha value is -1.33. The Morgan fingerprint density at radius 1 is 1.29 bits per heavy atom. The molecule has 0 saturated heterocycles. The second kappa shape index (κ2) is 8.20. The number of likely N-dealkylation sites (N-methyl/N-ethyl adjacent to an activating group) is 1. The predicted molar refractivity (Wildman–Crippen MR) is 87.7 cm³/mol. The molecular formula is C15H25ClN4O. The Balaban J connectivity index is 0.00000220. The Labute approximate surface area is 132 Å². The van der Waals surface area contributed by atoms with Gasteiger partial charge in [0.1, 0.15) is 5.69 Å². The second-order valence-corrected chi connectivity index (χ2v) is 5.72. The molecule has 1 aromatic rings. The van der Waals surface area contributed by atoms with Crippen molar-refractivity contribution in [3.63, 3.8) is 0 Å². The first-order valence-electron chi connectivity index (χ1n) is 7.25. The molecule has 0 aromatic carbocycles. The van der Waals surface area contributed by atoms with Gasteiger partial charge in [-0.25, -0.2) is 4.98 Å². The lowest BCUT2D eigenvalue weighted by atomic mass is 10.2. The van der Waals surface area contributed by atoms with Gasteiger partial charge in [0, 0.05) is 19.1 Å². The zero-order valence-corrected chi connectivity index (χ0v) is 13.6. The van der Waals surface area contributed by atoms with Crippen LogP contribution in [-0.4, -0.2) is 53.9 Å². The average Bonchev–Trinajstić information content (AvgIpc) is 2.93. The van der Waals surface area contributed by atoms with Gasteiger partial charge in [-0.05, 0) is 39.1 Å². The lowest BCUT2D eigenvalue weighted by molar-refractivity contribution is 0.0661. The van der Waals surface area contributed by atoms with E-state index in [1.165, 1.54) is 12.8 Å². The molecule has 5 nitrogen and oxygen atoms in total. The van der Waals surface area contributed by atoms with E-state index in [1.54, 1.807) is 18.3 Å². The predicted octanol–water partition coefficient (Wildman–Crippen LogP) is 2.03. The number of pyridine rings is 1. The third-order valence-electron chi connectivity index (χ3n) is 3.82. The molecule has 1 saturated carbocycles. The standard InChI is InChI=1S/C15H24N4O.ClH/c1-18(2)9-10-19(13-5-3-4-6-13)15(20)14-8-7-12(16)11-17-14;/h7-8,11,13H,3-6,9-10,16H2,1-2H3;1H. The summed E-state index contributed by atoms with van der Waals surface area (Å²) in [6.45, 7) is 1.62. The highest BCUT2D eigenvalue weighted by Gasteiger charge is 2.27. The number of carbonyl (C=O) groups excluding carboxylic acids is 1. The van der Waals surface area contributed by atoms with Gasteiger partial charge in [-0.3, -0.25) is 4.79 Å². The summed E-state index contributed by atoms with van der Waals surface area (Å²) in [5.41, 5.74) is 6.71. The lowest BCUT2D eigenvalue weighted by Crippen LogP contribution is -2.43. The number of aromatic nitrogens is 1. The molecule has 2 N–H and O–H groups in total. The number of nitrogens with two attached hydrogens (primary N) is 1. The van der Waals surface area contributed by atoms with Crippen molar-refractivity contribution in [1.82, 2.24) is 14.8 Å². The summed E-state index contributed by atoms with van der Waals surface area (Å²) in [5.74, 6) is 0.0266. The number of anilines is 1. The number of rotatable bonds is 5. The number of amides is 1. The molecular weight excluding hydrogens is 288 g/mol. The summed E-state index contributed by atoms with van der Waals surface area (Å²) in [6, 6.07) is 3.82. The molecule has 1 aromatic heterocycles. The molecule has 0 spiro atoms. The normalized spacial score (nSPS) is 15.0. The summed E-state index contributed by atoms with van der Waals surface area (Å²) < 4.78 is 0. The zero-order valence-electron chi connectivity index (χ0n) is 12.8. The maximum absolute atomic E-state index is 12.7. The molecule has 0 unspecified atom stereocenters.